The van der Waals surface area contributed by atoms with Gasteiger partial charge in [-0.15, -0.1) is 10.2 Å². The fourth-order valence-corrected chi connectivity index (χ4v) is 6.63. The van der Waals surface area contributed by atoms with Gasteiger partial charge in [0, 0.05) is 43.9 Å². The molecule has 0 spiro atoms. The Hall–Kier alpha value is -2.74. The number of methoxy groups -OCH3 is 1. The normalized spacial score (nSPS) is 24.5. The number of aromatic nitrogens is 4. The second-order valence-corrected chi connectivity index (χ2v) is 11.4. The van der Waals surface area contributed by atoms with Crippen LogP contribution in [0.15, 0.2) is 42.7 Å². The van der Waals surface area contributed by atoms with Gasteiger partial charge < -0.3 is 14.3 Å². The zero-order chi connectivity index (χ0) is 25.7. The van der Waals surface area contributed by atoms with Crippen molar-refractivity contribution in [2.24, 2.45) is 13.0 Å². The Morgan fingerprint density at radius 2 is 2.08 bits per heavy atom. The highest BCUT2D eigenvalue weighted by molar-refractivity contribution is 6.35. The molecule has 3 heterocycles. The molecule has 2 fully saturated rings. The number of likely N-dealkylation sites (tertiary alicyclic amines) is 1. The second kappa shape index (κ2) is 9.53. The molecule has 2 aromatic heterocycles. The third-order valence-electron chi connectivity index (χ3n) is 8.34. The first kappa shape index (κ1) is 24.6. The molecule has 194 valence electrons. The maximum atomic E-state index is 16.0. The van der Waals surface area contributed by atoms with Crippen LogP contribution in [-0.2, 0) is 23.7 Å². The van der Waals surface area contributed by atoms with Crippen molar-refractivity contribution >= 4 is 22.5 Å². The van der Waals surface area contributed by atoms with Gasteiger partial charge in [-0.2, -0.15) is 0 Å². The van der Waals surface area contributed by atoms with E-state index in [1.54, 1.807) is 19.5 Å². The van der Waals surface area contributed by atoms with Crippen LogP contribution in [-0.4, -0.2) is 51.0 Å². The van der Waals surface area contributed by atoms with E-state index < -0.39 is 0 Å². The average Bonchev–Trinajstić information content (AvgIpc) is 3.48. The van der Waals surface area contributed by atoms with Crippen molar-refractivity contribution in [1.29, 1.82) is 0 Å². The summed E-state index contributed by atoms with van der Waals surface area (Å²) in [5, 5.41) is 9.85. The molecule has 0 amide bonds. The summed E-state index contributed by atoms with van der Waals surface area (Å²) < 4.78 is 23.6. The van der Waals surface area contributed by atoms with Crippen LogP contribution in [0.25, 0.3) is 22.0 Å². The molecule has 6 nitrogen and oxygen atoms in total. The third kappa shape index (κ3) is 4.27. The van der Waals surface area contributed by atoms with Crippen molar-refractivity contribution in [3.63, 3.8) is 0 Å². The van der Waals surface area contributed by atoms with Gasteiger partial charge in [-0.1, -0.05) is 42.8 Å². The summed E-state index contributed by atoms with van der Waals surface area (Å²) in [6, 6.07) is 11.8. The molecule has 8 heteroatoms. The largest absolute Gasteiger partial charge is 0.381 e. The number of piperidine rings is 1. The van der Waals surface area contributed by atoms with Crippen LogP contribution >= 0.6 is 11.6 Å². The summed E-state index contributed by atoms with van der Waals surface area (Å²) >= 11 is 6.73. The Morgan fingerprint density at radius 3 is 2.81 bits per heavy atom. The molecule has 1 aliphatic heterocycles. The van der Waals surface area contributed by atoms with Gasteiger partial charge in [0.05, 0.1) is 22.1 Å². The minimum absolute atomic E-state index is 0.156. The lowest BCUT2D eigenvalue weighted by atomic mass is 9.61. The first-order valence-corrected chi connectivity index (χ1v) is 13.5. The molecule has 6 rings (SSSR count). The number of hydrogen-bond acceptors (Lipinski definition) is 4. The van der Waals surface area contributed by atoms with Crippen LogP contribution in [0.4, 0.5) is 4.39 Å². The summed E-state index contributed by atoms with van der Waals surface area (Å²) in [5.41, 5.74) is 3.52. The van der Waals surface area contributed by atoms with Crippen LogP contribution in [0.5, 0.6) is 0 Å². The SMILES string of the molecule is COC1CC(c2cccc(-c3cc(Cl)c4cc(CN5CCC[C@H](C)C5)[nH]c4c3F)c2)(c2nncn2C)C1. The van der Waals surface area contributed by atoms with E-state index in [4.69, 9.17) is 16.3 Å². The van der Waals surface area contributed by atoms with E-state index in [9.17, 15) is 0 Å². The van der Waals surface area contributed by atoms with Gasteiger partial charge in [0.25, 0.3) is 0 Å². The highest BCUT2D eigenvalue weighted by Gasteiger charge is 2.50. The molecule has 0 radical (unpaired) electrons. The van der Waals surface area contributed by atoms with Gasteiger partial charge in [0.1, 0.15) is 12.2 Å². The Balaban J connectivity index is 1.37. The van der Waals surface area contributed by atoms with Gasteiger partial charge in [-0.3, -0.25) is 4.90 Å². The summed E-state index contributed by atoms with van der Waals surface area (Å²) in [5.74, 6) is 1.32. The lowest BCUT2D eigenvalue weighted by Crippen LogP contribution is -2.48. The molecular formula is C29H33ClFN5O. The van der Waals surface area contributed by atoms with Crippen molar-refractivity contribution in [1.82, 2.24) is 24.6 Å². The van der Waals surface area contributed by atoms with Gasteiger partial charge in [0.2, 0.25) is 0 Å². The number of ether oxygens (including phenoxy) is 1. The van der Waals surface area contributed by atoms with Crippen molar-refractivity contribution in [3.05, 3.63) is 70.6 Å². The minimum atomic E-state index is -0.322. The number of nitrogens with one attached hydrogen (secondary N) is 1. The van der Waals surface area contributed by atoms with E-state index in [1.165, 1.54) is 12.8 Å². The number of H-pyrrole nitrogens is 1. The summed E-state index contributed by atoms with van der Waals surface area (Å²) in [6.45, 7) is 5.22. The van der Waals surface area contributed by atoms with Gasteiger partial charge >= 0.3 is 0 Å². The molecule has 1 saturated carbocycles. The van der Waals surface area contributed by atoms with E-state index in [0.29, 0.717) is 22.0 Å². The van der Waals surface area contributed by atoms with Gasteiger partial charge in [-0.05, 0) is 61.4 Å². The molecular weight excluding hydrogens is 489 g/mol. The zero-order valence-electron chi connectivity index (χ0n) is 21.6. The van der Waals surface area contributed by atoms with Crippen LogP contribution in [0.3, 0.4) is 0 Å². The molecule has 37 heavy (non-hydrogen) atoms. The standard InChI is InChI=1S/C29H33ClFN5O/c1-18-6-5-9-36(15-18)16-21-11-24-25(30)12-23(26(31)27(24)33-21)19-7-4-8-20(10-19)29(13-22(14-29)37-3)28-34-32-17-35(28)2/h4,7-8,10-12,17-18,22,33H,5-6,9,13-16H2,1-3H3/t18-,22?,29?/m0/s1. The Labute approximate surface area is 221 Å². The highest BCUT2D eigenvalue weighted by atomic mass is 35.5. The molecule has 0 bridgehead atoms. The van der Waals surface area contributed by atoms with E-state index in [2.05, 4.69) is 39.1 Å². The average molecular weight is 522 g/mol. The number of fused-ring (bicyclic) bond motifs is 1. The number of halogens is 2. The Bertz CT molecular complexity index is 1440. The maximum Gasteiger partial charge on any atom is 0.155 e. The summed E-state index contributed by atoms with van der Waals surface area (Å²) in [6.07, 6.45) is 5.96. The van der Waals surface area contributed by atoms with Crippen molar-refractivity contribution in [2.45, 2.75) is 50.7 Å². The Morgan fingerprint density at radius 1 is 1.24 bits per heavy atom. The quantitative estimate of drug-likeness (QED) is 0.334. The predicted molar refractivity (Wildman–Crippen MR) is 144 cm³/mol. The van der Waals surface area contributed by atoms with Crippen LogP contribution in [0.1, 0.15) is 49.7 Å². The molecule has 2 aromatic carbocycles. The minimum Gasteiger partial charge on any atom is -0.381 e. The maximum absolute atomic E-state index is 16.0. The highest BCUT2D eigenvalue weighted by Crippen LogP contribution is 2.50. The van der Waals surface area contributed by atoms with E-state index in [-0.39, 0.29) is 17.3 Å². The number of nitrogens with zero attached hydrogens (tertiary/aromatic N) is 4. The lowest BCUT2D eigenvalue weighted by molar-refractivity contribution is -0.00695. The fourth-order valence-electron chi connectivity index (χ4n) is 6.37. The van der Waals surface area contributed by atoms with Crippen LogP contribution in [0.2, 0.25) is 5.02 Å². The first-order chi connectivity index (χ1) is 17.9. The molecule has 1 aliphatic carbocycles. The van der Waals surface area contributed by atoms with E-state index >= 15 is 4.39 Å². The predicted octanol–water partition coefficient (Wildman–Crippen LogP) is 6.08. The fraction of sp³-hybridized carbons (Fsp3) is 0.448. The Kier molecular flexibility index (Phi) is 6.33. The van der Waals surface area contributed by atoms with Gasteiger partial charge in [-0.25, -0.2) is 4.39 Å². The first-order valence-electron chi connectivity index (χ1n) is 13.1. The number of rotatable bonds is 6. The van der Waals surface area contributed by atoms with Crippen molar-refractivity contribution in [3.8, 4) is 11.1 Å². The van der Waals surface area contributed by atoms with Crippen molar-refractivity contribution in [2.75, 3.05) is 20.2 Å². The number of aromatic amines is 1. The monoisotopic (exact) mass is 521 g/mol. The number of hydrogen-bond donors (Lipinski definition) is 1. The molecule has 1 saturated heterocycles. The smallest absolute Gasteiger partial charge is 0.155 e. The molecule has 1 N–H and O–H groups in total. The molecule has 1 atom stereocenters. The second-order valence-electron chi connectivity index (χ2n) is 11.0. The number of benzene rings is 2. The molecule has 2 aliphatic rings. The number of aryl methyl sites for hydroxylation is 1. The summed E-state index contributed by atoms with van der Waals surface area (Å²) in [4.78, 5) is 5.79. The zero-order valence-corrected chi connectivity index (χ0v) is 22.4. The van der Waals surface area contributed by atoms with E-state index in [1.807, 2.05) is 29.8 Å². The van der Waals surface area contributed by atoms with Crippen LogP contribution < -0.4 is 0 Å². The van der Waals surface area contributed by atoms with Crippen LogP contribution in [0, 0.1) is 11.7 Å². The van der Waals surface area contributed by atoms with E-state index in [0.717, 1.165) is 60.5 Å². The lowest BCUT2D eigenvalue weighted by Gasteiger charge is -2.46. The third-order valence-corrected chi connectivity index (χ3v) is 8.66. The summed E-state index contributed by atoms with van der Waals surface area (Å²) in [7, 11) is 3.70. The van der Waals surface area contributed by atoms with Gasteiger partial charge in [0.15, 0.2) is 5.82 Å². The molecule has 0 unspecified atom stereocenters. The topological polar surface area (TPSA) is 59.0 Å². The molecule has 4 aromatic rings. The van der Waals surface area contributed by atoms with Crippen molar-refractivity contribution < 1.29 is 9.13 Å².